The van der Waals surface area contributed by atoms with E-state index in [2.05, 4.69) is 44.1 Å². The molecular formula is C16H23N3S. The van der Waals surface area contributed by atoms with Gasteiger partial charge in [-0.2, -0.15) is 0 Å². The Balaban J connectivity index is 2.18. The van der Waals surface area contributed by atoms with Crippen molar-refractivity contribution in [1.82, 2.24) is 15.3 Å². The lowest BCUT2D eigenvalue weighted by atomic mass is 10.2. The average molecular weight is 289 g/mol. The Labute approximate surface area is 125 Å². The third-order valence-corrected chi connectivity index (χ3v) is 4.21. The summed E-state index contributed by atoms with van der Waals surface area (Å²) in [5, 5.41) is 4.54. The van der Waals surface area contributed by atoms with Crippen molar-refractivity contribution in [1.29, 1.82) is 0 Å². The molecule has 2 aromatic rings. The summed E-state index contributed by atoms with van der Waals surface area (Å²) < 4.78 is 0. The summed E-state index contributed by atoms with van der Waals surface area (Å²) in [6, 6.07) is 4.12. The number of aromatic nitrogens is 2. The summed E-state index contributed by atoms with van der Waals surface area (Å²) in [6.07, 6.45) is 2.83. The van der Waals surface area contributed by atoms with E-state index in [0.29, 0.717) is 5.92 Å². The number of thiazole rings is 1. The fourth-order valence-electron chi connectivity index (χ4n) is 2.03. The largest absolute Gasteiger partial charge is 0.312 e. The van der Waals surface area contributed by atoms with Gasteiger partial charge in [-0.05, 0) is 43.5 Å². The molecule has 0 bridgehead atoms. The van der Waals surface area contributed by atoms with Gasteiger partial charge < -0.3 is 5.32 Å². The van der Waals surface area contributed by atoms with Crippen LogP contribution in [-0.2, 0) is 13.0 Å². The maximum Gasteiger partial charge on any atom is 0.142 e. The lowest BCUT2D eigenvalue weighted by Crippen LogP contribution is -2.18. The molecule has 0 aliphatic rings. The molecule has 0 unspecified atom stereocenters. The molecule has 0 aliphatic carbocycles. The fraction of sp³-hybridized carbons (Fsp3) is 0.500. The molecule has 0 amide bonds. The molecule has 2 rings (SSSR count). The average Bonchev–Trinajstić information content (AvgIpc) is 2.81. The zero-order valence-electron chi connectivity index (χ0n) is 12.7. The van der Waals surface area contributed by atoms with E-state index in [4.69, 9.17) is 4.98 Å². The molecule has 2 aromatic heterocycles. The van der Waals surface area contributed by atoms with E-state index in [1.807, 2.05) is 12.3 Å². The summed E-state index contributed by atoms with van der Waals surface area (Å²) >= 11 is 1.76. The molecule has 3 nitrogen and oxygen atoms in total. The third kappa shape index (κ3) is 3.87. The zero-order chi connectivity index (χ0) is 14.5. The summed E-state index contributed by atoms with van der Waals surface area (Å²) in [5.41, 5.74) is 3.41. The van der Waals surface area contributed by atoms with Gasteiger partial charge >= 0.3 is 0 Å². The molecule has 0 radical (unpaired) electrons. The smallest absolute Gasteiger partial charge is 0.142 e. The van der Waals surface area contributed by atoms with Crippen LogP contribution in [0.1, 0.15) is 36.9 Å². The Morgan fingerprint density at radius 3 is 2.80 bits per heavy atom. The first kappa shape index (κ1) is 15.1. The molecule has 108 valence electrons. The van der Waals surface area contributed by atoms with Gasteiger partial charge in [0.05, 0.1) is 11.4 Å². The van der Waals surface area contributed by atoms with Gasteiger partial charge in [0.25, 0.3) is 0 Å². The number of aryl methyl sites for hydroxylation is 2. The van der Waals surface area contributed by atoms with Crippen LogP contribution in [0.5, 0.6) is 0 Å². The molecule has 0 saturated carbocycles. The van der Waals surface area contributed by atoms with Gasteiger partial charge in [0.1, 0.15) is 5.01 Å². The molecule has 0 aliphatic heterocycles. The highest BCUT2D eigenvalue weighted by atomic mass is 32.1. The maximum atomic E-state index is 4.75. The first-order chi connectivity index (χ1) is 9.60. The molecule has 0 spiro atoms. The first-order valence-corrected chi connectivity index (χ1v) is 8.04. The van der Waals surface area contributed by atoms with Gasteiger partial charge in [-0.15, -0.1) is 11.3 Å². The second kappa shape index (κ2) is 6.95. The van der Waals surface area contributed by atoms with Crippen molar-refractivity contribution in [2.24, 2.45) is 5.92 Å². The van der Waals surface area contributed by atoms with Crippen LogP contribution in [0.3, 0.4) is 0 Å². The van der Waals surface area contributed by atoms with Gasteiger partial charge in [-0.3, -0.25) is 4.98 Å². The standard InChI is InChI=1S/C16H23N3S/c1-5-13-15(10-17-9-11(2)3)20-16(19-13)14-8-12(4)6-7-18-14/h6-8,11,17H,5,9-10H2,1-4H3. The van der Waals surface area contributed by atoms with E-state index in [9.17, 15) is 0 Å². The van der Waals surface area contributed by atoms with Crippen molar-refractivity contribution in [3.05, 3.63) is 34.5 Å². The monoisotopic (exact) mass is 289 g/mol. The maximum absolute atomic E-state index is 4.75. The van der Waals surface area contributed by atoms with Crippen LogP contribution in [0.2, 0.25) is 0 Å². The van der Waals surface area contributed by atoms with Crippen LogP contribution in [0.25, 0.3) is 10.7 Å². The van der Waals surface area contributed by atoms with E-state index in [-0.39, 0.29) is 0 Å². The number of hydrogen-bond donors (Lipinski definition) is 1. The SMILES string of the molecule is CCc1nc(-c2cc(C)ccn2)sc1CNCC(C)C. The molecule has 20 heavy (non-hydrogen) atoms. The highest BCUT2D eigenvalue weighted by molar-refractivity contribution is 7.15. The van der Waals surface area contributed by atoms with Crippen molar-refractivity contribution < 1.29 is 0 Å². The molecule has 1 N–H and O–H groups in total. The van der Waals surface area contributed by atoms with Crippen LogP contribution in [-0.4, -0.2) is 16.5 Å². The minimum absolute atomic E-state index is 0.672. The minimum Gasteiger partial charge on any atom is -0.312 e. The predicted octanol–water partition coefficient (Wildman–Crippen LogP) is 3.82. The molecule has 0 aromatic carbocycles. The summed E-state index contributed by atoms with van der Waals surface area (Å²) in [6.45, 7) is 10.6. The van der Waals surface area contributed by atoms with Crippen LogP contribution < -0.4 is 5.32 Å². The van der Waals surface area contributed by atoms with Gasteiger partial charge in [-0.1, -0.05) is 20.8 Å². The number of hydrogen-bond acceptors (Lipinski definition) is 4. The predicted molar refractivity (Wildman–Crippen MR) is 86.0 cm³/mol. The van der Waals surface area contributed by atoms with E-state index in [0.717, 1.165) is 30.2 Å². The molecular weight excluding hydrogens is 266 g/mol. The second-order valence-electron chi connectivity index (χ2n) is 5.49. The van der Waals surface area contributed by atoms with E-state index >= 15 is 0 Å². The van der Waals surface area contributed by atoms with Gasteiger partial charge in [0, 0.05) is 17.6 Å². The van der Waals surface area contributed by atoms with Crippen LogP contribution in [0.15, 0.2) is 18.3 Å². The van der Waals surface area contributed by atoms with E-state index in [1.165, 1.54) is 16.1 Å². The highest BCUT2D eigenvalue weighted by Gasteiger charge is 2.12. The Morgan fingerprint density at radius 1 is 1.35 bits per heavy atom. The van der Waals surface area contributed by atoms with E-state index < -0.39 is 0 Å². The number of pyridine rings is 1. The topological polar surface area (TPSA) is 37.8 Å². The van der Waals surface area contributed by atoms with Crippen molar-refractivity contribution in [3.8, 4) is 10.7 Å². The van der Waals surface area contributed by atoms with Crippen LogP contribution in [0.4, 0.5) is 0 Å². The fourth-order valence-corrected chi connectivity index (χ4v) is 3.12. The Hall–Kier alpha value is -1.26. The van der Waals surface area contributed by atoms with Crippen LogP contribution in [0, 0.1) is 12.8 Å². The molecule has 0 atom stereocenters. The lowest BCUT2D eigenvalue weighted by Gasteiger charge is -2.06. The van der Waals surface area contributed by atoms with Crippen molar-refractivity contribution in [3.63, 3.8) is 0 Å². The second-order valence-corrected chi connectivity index (χ2v) is 6.57. The number of nitrogens with zero attached hydrogens (tertiary/aromatic N) is 2. The first-order valence-electron chi connectivity index (χ1n) is 7.22. The normalized spacial score (nSPS) is 11.2. The molecule has 4 heteroatoms. The lowest BCUT2D eigenvalue weighted by molar-refractivity contribution is 0.553. The summed E-state index contributed by atoms with van der Waals surface area (Å²) in [7, 11) is 0. The van der Waals surface area contributed by atoms with E-state index in [1.54, 1.807) is 11.3 Å². The molecule has 2 heterocycles. The summed E-state index contributed by atoms with van der Waals surface area (Å²) in [4.78, 5) is 10.5. The Bertz CT molecular complexity index is 561. The van der Waals surface area contributed by atoms with Crippen LogP contribution >= 0.6 is 11.3 Å². The minimum atomic E-state index is 0.672. The van der Waals surface area contributed by atoms with Crippen molar-refractivity contribution >= 4 is 11.3 Å². The number of nitrogens with one attached hydrogen (secondary N) is 1. The van der Waals surface area contributed by atoms with Crippen molar-refractivity contribution in [2.45, 2.75) is 40.7 Å². The van der Waals surface area contributed by atoms with Gasteiger partial charge in [0.15, 0.2) is 0 Å². The third-order valence-electron chi connectivity index (χ3n) is 3.09. The number of rotatable bonds is 6. The quantitative estimate of drug-likeness (QED) is 0.878. The highest BCUT2D eigenvalue weighted by Crippen LogP contribution is 2.27. The molecule has 0 saturated heterocycles. The Kier molecular flexibility index (Phi) is 5.26. The Morgan fingerprint density at radius 2 is 2.15 bits per heavy atom. The van der Waals surface area contributed by atoms with Gasteiger partial charge in [-0.25, -0.2) is 4.98 Å². The summed E-state index contributed by atoms with van der Waals surface area (Å²) in [5.74, 6) is 0.672. The molecule has 0 fully saturated rings. The van der Waals surface area contributed by atoms with Crippen molar-refractivity contribution in [2.75, 3.05) is 6.54 Å². The van der Waals surface area contributed by atoms with Gasteiger partial charge in [0.2, 0.25) is 0 Å². The zero-order valence-corrected chi connectivity index (χ0v) is 13.5.